The maximum absolute atomic E-state index is 12.3. The molecule has 1 saturated heterocycles. The van der Waals surface area contributed by atoms with Gasteiger partial charge in [-0.2, -0.15) is 0 Å². The van der Waals surface area contributed by atoms with E-state index in [9.17, 15) is 4.79 Å². The van der Waals surface area contributed by atoms with Crippen molar-refractivity contribution in [3.63, 3.8) is 0 Å². The fraction of sp³-hybridized carbons (Fsp3) is 0.333. The van der Waals surface area contributed by atoms with Crippen molar-refractivity contribution in [3.8, 4) is 10.6 Å². The summed E-state index contributed by atoms with van der Waals surface area (Å²) in [6, 6.07) is 7.72. The molecule has 0 aliphatic carbocycles. The van der Waals surface area contributed by atoms with Crippen molar-refractivity contribution in [2.45, 2.75) is 19.4 Å². The fourth-order valence-corrected chi connectivity index (χ4v) is 3.45. The average molecular weight is 322 g/mol. The Morgan fingerprint density at radius 1 is 1.43 bits per heavy atom. The van der Waals surface area contributed by atoms with E-state index in [0.717, 1.165) is 35.8 Å². The molecule has 6 heteroatoms. The molecule has 1 fully saturated rings. The Bertz CT molecular complexity index is 647. The third kappa shape index (κ3) is 3.26. The molecule has 3 rings (SSSR count). The maximum atomic E-state index is 12.3. The highest BCUT2D eigenvalue weighted by molar-refractivity contribution is 7.17. The number of thiazole rings is 1. The second-order valence-electron chi connectivity index (χ2n) is 5.10. The number of nitrogens with one attached hydrogen (secondary N) is 2. The van der Waals surface area contributed by atoms with Crippen LogP contribution in [-0.4, -0.2) is 30.0 Å². The third-order valence-corrected chi connectivity index (χ3v) is 4.95. The molecule has 0 saturated carbocycles. The van der Waals surface area contributed by atoms with E-state index in [4.69, 9.17) is 11.6 Å². The van der Waals surface area contributed by atoms with Gasteiger partial charge in [0.2, 0.25) is 0 Å². The number of carbonyl (C=O) groups excluding carboxylic acids is 1. The fourth-order valence-electron chi connectivity index (χ4n) is 2.35. The van der Waals surface area contributed by atoms with Gasteiger partial charge in [0.05, 0.1) is 5.69 Å². The Morgan fingerprint density at radius 3 is 2.86 bits per heavy atom. The monoisotopic (exact) mass is 321 g/mol. The molecule has 1 aromatic heterocycles. The van der Waals surface area contributed by atoms with Gasteiger partial charge in [-0.1, -0.05) is 23.7 Å². The van der Waals surface area contributed by atoms with Gasteiger partial charge in [-0.25, -0.2) is 4.98 Å². The summed E-state index contributed by atoms with van der Waals surface area (Å²) in [5, 5.41) is 7.84. The first kappa shape index (κ1) is 14.5. The summed E-state index contributed by atoms with van der Waals surface area (Å²) in [6.45, 7) is 3.67. The van der Waals surface area contributed by atoms with Gasteiger partial charge < -0.3 is 10.6 Å². The first-order valence-corrected chi connectivity index (χ1v) is 8.08. The molecule has 1 aromatic carbocycles. The number of halogens is 1. The number of rotatable bonds is 3. The first-order valence-electron chi connectivity index (χ1n) is 6.88. The van der Waals surface area contributed by atoms with Crippen LogP contribution in [0.4, 0.5) is 0 Å². The Morgan fingerprint density at radius 2 is 2.19 bits per heavy atom. The molecule has 0 spiro atoms. The highest BCUT2D eigenvalue weighted by Crippen LogP contribution is 2.28. The van der Waals surface area contributed by atoms with Gasteiger partial charge in [-0.05, 0) is 32.0 Å². The Balaban J connectivity index is 1.80. The molecule has 21 heavy (non-hydrogen) atoms. The van der Waals surface area contributed by atoms with Crippen molar-refractivity contribution < 1.29 is 4.79 Å². The van der Waals surface area contributed by atoms with Crippen molar-refractivity contribution >= 4 is 28.8 Å². The molecule has 1 atom stereocenters. The molecular weight excluding hydrogens is 306 g/mol. The van der Waals surface area contributed by atoms with Crippen LogP contribution in [0.1, 0.15) is 21.8 Å². The van der Waals surface area contributed by atoms with E-state index >= 15 is 0 Å². The van der Waals surface area contributed by atoms with Crippen LogP contribution < -0.4 is 10.6 Å². The highest BCUT2D eigenvalue weighted by Gasteiger charge is 2.21. The zero-order valence-electron chi connectivity index (χ0n) is 11.6. The summed E-state index contributed by atoms with van der Waals surface area (Å²) < 4.78 is 0. The lowest BCUT2D eigenvalue weighted by atomic mass is 10.2. The summed E-state index contributed by atoms with van der Waals surface area (Å²) in [7, 11) is 0. The van der Waals surface area contributed by atoms with E-state index in [1.807, 2.05) is 31.2 Å². The van der Waals surface area contributed by atoms with E-state index in [1.165, 1.54) is 11.3 Å². The number of benzene rings is 1. The number of amides is 1. The van der Waals surface area contributed by atoms with Crippen molar-refractivity contribution in [2.75, 3.05) is 13.1 Å². The van der Waals surface area contributed by atoms with E-state index in [2.05, 4.69) is 15.6 Å². The Labute approximate surface area is 132 Å². The van der Waals surface area contributed by atoms with Crippen LogP contribution in [-0.2, 0) is 0 Å². The van der Waals surface area contributed by atoms with Crippen LogP contribution in [0.2, 0.25) is 5.02 Å². The van der Waals surface area contributed by atoms with Gasteiger partial charge in [0.1, 0.15) is 9.88 Å². The molecule has 1 aliphatic rings. The summed E-state index contributed by atoms with van der Waals surface area (Å²) in [6.07, 6.45) is 0.980. The molecule has 2 aromatic rings. The van der Waals surface area contributed by atoms with Gasteiger partial charge in [0.15, 0.2) is 0 Å². The SMILES string of the molecule is Cc1nc(-c2ccc(Cl)cc2)sc1C(=O)NC1CCNC1. The van der Waals surface area contributed by atoms with E-state index < -0.39 is 0 Å². The second kappa shape index (κ2) is 6.13. The van der Waals surface area contributed by atoms with E-state index in [0.29, 0.717) is 9.90 Å². The van der Waals surface area contributed by atoms with Gasteiger partial charge >= 0.3 is 0 Å². The molecule has 1 amide bonds. The van der Waals surface area contributed by atoms with Gasteiger partial charge in [-0.3, -0.25) is 4.79 Å². The highest BCUT2D eigenvalue weighted by atomic mass is 35.5. The maximum Gasteiger partial charge on any atom is 0.263 e. The lowest BCUT2D eigenvalue weighted by molar-refractivity contribution is 0.0943. The minimum absolute atomic E-state index is 0.0288. The van der Waals surface area contributed by atoms with Crippen LogP contribution in [0.15, 0.2) is 24.3 Å². The third-order valence-electron chi connectivity index (χ3n) is 3.49. The molecule has 0 bridgehead atoms. The number of nitrogens with zero attached hydrogens (tertiary/aromatic N) is 1. The molecule has 0 radical (unpaired) electrons. The predicted octanol–water partition coefficient (Wildman–Crippen LogP) is 2.86. The van der Waals surface area contributed by atoms with Crippen LogP contribution in [0, 0.1) is 6.92 Å². The number of hydrogen-bond acceptors (Lipinski definition) is 4. The molecule has 2 heterocycles. The van der Waals surface area contributed by atoms with Crippen molar-refractivity contribution in [2.24, 2.45) is 0 Å². The van der Waals surface area contributed by atoms with Gasteiger partial charge in [0.25, 0.3) is 5.91 Å². The average Bonchev–Trinajstić information content (AvgIpc) is 3.09. The van der Waals surface area contributed by atoms with Crippen LogP contribution in [0.3, 0.4) is 0 Å². The number of carbonyl (C=O) groups is 1. The summed E-state index contributed by atoms with van der Waals surface area (Å²) in [5.41, 5.74) is 1.75. The van der Waals surface area contributed by atoms with Crippen molar-refractivity contribution in [1.29, 1.82) is 0 Å². The van der Waals surface area contributed by atoms with Crippen molar-refractivity contribution in [3.05, 3.63) is 39.9 Å². The summed E-state index contributed by atoms with van der Waals surface area (Å²) in [5.74, 6) is -0.0288. The number of aromatic nitrogens is 1. The minimum Gasteiger partial charge on any atom is -0.347 e. The van der Waals surface area contributed by atoms with E-state index in [1.54, 1.807) is 0 Å². The topological polar surface area (TPSA) is 54.0 Å². The number of aryl methyl sites for hydroxylation is 1. The Kier molecular flexibility index (Phi) is 4.24. The second-order valence-corrected chi connectivity index (χ2v) is 6.54. The van der Waals surface area contributed by atoms with Gasteiger partial charge in [0, 0.05) is 23.2 Å². The minimum atomic E-state index is -0.0288. The van der Waals surface area contributed by atoms with Crippen LogP contribution >= 0.6 is 22.9 Å². The van der Waals surface area contributed by atoms with Gasteiger partial charge in [-0.15, -0.1) is 11.3 Å². The normalized spacial score (nSPS) is 17.9. The zero-order valence-corrected chi connectivity index (χ0v) is 13.2. The molecule has 4 nitrogen and oxygen atoms in total. The van der Waals surface area contributed by atoms with Crippen LogP contribution in [0.5, 0.6) is 0 Å². The quantitative estimate of drug-likeness (QED) is 0.914. The zero-order chi connectivity index (χ0) is 14.8. The standard InChI is InChI=1S/C15H16ClN3OS/c1-9-13(14(20)19-12-6-7-17-8-12)21-15(18-9)10-2-4-11(16)5-3-10/h2-5,12,17H,6-8H2,1H3,(H,19,20). The Hall–Kier alpha value is -1.43. The molecule has 2 N–H and O–H groups in total. The van der Waals surface area contributed by atoms with E-state index in [-0.39, 0.29) is 11.9 Å². The predicted molar refractivity (Wildman–Crippen MR) is 86.0 cm³/mol. The molecule has 110 valence electrons. The smallest absolute Gasteiger partial charge is 0.263 e. The lowest BCUT2D eigenvalue weighted by Crippen LogP contribution is -2.36. The largest absolute Gasteiger partial charge is 0.347 e. The summed E-state index contributed by atoms with van der Waals surface area (Å²) in [4.78, 5) is 17.5. The summed E-state index contributed by atoms with van der Waals surface area (Å²) >= 11 is 7.32. The molecular formula is C15H16ClN3OS. The van der Waals surface area contributed by atoms with Crippen LogP contribution in [0.25, 0.3) is 10.6 Å². The number of hydrogen-bond donors (Lipinski definition) is 2. The van der Waals surface area contributed by atoms with Crippen molar-refractivity contribution in [1.82, 2.24) is 15.6 Å². The first-order chi connectivity index (χ1) is 10.1. The molecule has 1 aliphatic heterocycles. The lowest BCUT2D eigenvalue weighted by Gasteiger charge is -2.09. The molecule has 1 unspecified atom stereocenters.